The number of hydrogen-bond donors (Lipinski definition) is 1. The first-order valence-corrected chi connectivity index (χ1v) is 8.22. The molecule has 124 valence electrons. The molecule has 0 aromatic heterocycles. The van der Waals surface area contributed by atoms with Crippen LogP contribution in [0.25, 0.3) is 0 Å². The lowest BCUT2D eigenvalue weighted by Crippen LogP contribution is -2.79. The molecule has 0 aromatic rings. The van der Waals surface area contributed by atoms with Gasteiger partial charge < -0.3 is 14.6 Å². The van der Waals surface area contributed by atoms with Gasteiger partial charge in [0.15, 0.2) is 11.2 Å². The van der Waals surface area contributed by atoms with Crippen molar-refractivity contribution in [3.8, 4) is 0 Å². The molecule has 5 heteroatoms. The Morgan fingerprint density at radius 3 is 2.23 bits per heavy atom. The van der Waals surface area contributed by atoms with Crippen LogP contribution < -0.4 is 0 Å². The Hall–Kier alpha value is -0.940. The molecule has 3 saturated heterocycles. The maximum Gasteiger partial charge on any atom is 0.322 e. The number of esters is 1. The molecule has 22 heavy (non-hydrogen) atoms. The second kappa shape index (κ2) is 4.54. The number of carbonyl (C=O) groups is 2. The van der Waals surface area contributed by atoms with Crippen molar-refractivity contribution in [2.75, 3.05) is 0 Å². The lowest BCUT2D eigenvalue weighted by molar-refractivity contribution is -0.317. The van der Waals surface area contributed by atoms with Crippen molar-refractivity contribution in [1.29, 1.82) is 0 Å². The van der Waals surface area contributed by atoms with E-state index in [0.29, 0.717) is 0 Å². The van der Waals surface area contributed by atoms with E-state index in [-0.39, 0.29) is 35.6 Å². The average molecular weight is 310 g/mol. The first-order valence-electron chi connectivity index (χ1n) is 8.22. The van der Waals surface area contributed by atoms with Crippen LogP contribution in [-0.4, -0.2) is 40.8 Å². The summed E-state index contributed by atoms with van der Waals surface area (Å²) in [4.78, 5) is 25.5. The van der Waals surface area contributed by atoms with Crippen molar-refractivity contribution in [2.45, 2.75) is 65.5 Å². The molecule has 5 nitrogen and oxygen atoms in total. The predicted octanol–water partition coefficient (Wildman–Crippen LogP) is 1.56. The topological polar surface area (TPSA) is 72.8 Å². The highest BCUT2D eigenvalue weighted by atomic mass is 16.6. The molecule has 0 amide bonds. The van der Waals surface area contributed by atoms with Crippen LogP contribution in [0.4, 0.5) is 0 Å². The van der Waals surface area contributed by atoms with Crippen LogP contribution in [0.3, 0.4) is 0 Å². The van der Waals surface area contributed by atoms with Crippen LogP contribution in [0.5, 0.6) is 0 Å². The molecule has 3 heterocycles. The van der Waals surface area contributed by atoms with Gasteiger partial charge in [-0.2, -0.15) is 0 Å². The Morgan fingerprint density at radius 2 is 1.64 bits per heavy atom. The lowest BCUT2D eigenvalue weighted by Gasteiger charge is -2.65. The fourth-order valence-electron chi connectivity index (χ4n) is 5.24. The van der Waals surface area contributed by atoms with Crippen LogP contribution in [0, 0.1) is 29.1 Å². The van der Waals surface area contributed by atoms with Crippen molar-refractivity contribution in [2.24, 2.45) is 29.1 Å². The summed E-state index contributed by atoms with van der Waals surface area (Å²) in [6, 6.07) is 0. The number of aliphatic hydroxyl groups excluding tert-OH is 1. The average Bonchev–Trinajstić information content (AvgIpc) is 2.48. The second-order valence-corrected chi connectivity index (χ2v) is 7.69. The third kappa shape index (κ3) is 1.47. The fourth-order valence-corrected chi connectivity index (χ4v) is 5.24. The number of Topliss-reactive ketones (excluding diaryl/α,β-unsaturated/α-hetero) is 1. The maximum absolute atomic E-state index is 12.9. The largest absolute Gasteiger partial charge is 0.460 e. The minimum atomic E-state index is -1.35. The van der Waals surface area contributed by atoms with Gasteiger partial charge in [0.2, 0.25) is 0 Å². The van der Waals surface area contributed by atoms with E-state index in [4.69, 9.17) is 9.47 Å². The minimum absolute atomic E-state index is 0.0413. The molecule has 4 aliphatic rings. The summed E-state index contributed by atoms with van der Waals surface area (Å²) < 4.78 is 11.9. The molecule has 5 unspecified atom stereocenters. The molecule has 1 aliphatic carbocycles. The summed E-state index contributed by atoms with van der Waals surface area (Å²) in [5, 5.41) is 10.7. The molecule has 4 rings (SSSR count). The molecular weight excluding hydrogens is 284 g/mol. The van der Waals surface area contributed by atoms with Crippen LogP contribution >= 0.6 is 0 Å². The van der Waals surface area contributed by atoms with Gasteiger partial charge in [0.05, 0.1) is 18.1 Å². The number of fused-ring (bicyclic) bond motifs is 2. The van der Waals surface area contributed by atoms with Gasteiger partial charge in [0.25, 0.3) is 0 Å². The highest BCUT2D eigenvalue weighted by Crippen LogP contribution is 2.61. The van der Waals surface area contributed by atoms with E-state index in [1.54, 1.807) is 6.92 Å². The van der Waals surface area contributed by atoms with Gasteiger partial charge in [0.1, 0.15) is 11.7 Å². The van der Waals surface area contributed by atoms with Gasteiger partial charge >= 0.3 is 5.97 Å². The number of aliphatic hydroxyl groups is 1. The summed E-state index contributed by atoms with van der Waals surface area (Å²) in [6.45, 7) is 11.2. The zero-order valence-corrected chi connectivity index (χ0v) is 14.1. The molecule has 4 fully saturated rings. The van der Waals surface area contributed by atoms with Crippen molar-refractivity contribution < 1.29 is 24.2 Å². The van der Waals surface area contributed by atoms with E-state index in [1.807, 2.05) is 34.6 Å². The summed E-state index contributed by atoms with van der Waals surface area (Å²) in [6.07, 6.45) is -1.31. The number of carbonyl (C=O) groups excluding carboxylic acids is 2. The monoisotopic (exact) mass is 310 g/mol. The first-order chi connectivity index (χ1) is 10.1. The van der Waals surface area contributed by atoms with Gasteiger partial charge in [-0.1, -0.05) is 27.7 Å². The number of ketones is 1. The second-order valence-electron chi connectivity index (χ2n) is 7.69. The SMILES string of the molecule is CC1C(=O)C2(C)C(=O)OC1C(C)C21O[C@H](C)[C@@H](C)[C@@H](O)[C@H]1C. The number of ether oxygens (including phenoxy) is 2. The van der Waals surface area contributed by atoms with Crippen LogP contribution in [0.15, 0.2) is 0 Å². The standard InChI is InChI=1S/C17H26O5/c1-7-11(5)22-17(9(3)12(7)18)10(4)13-8(2)14(19)16(17,6)15(20)21-13/h7-13,18H,1-6H3/t7-,8?,9-,10?,11-,12-,13?,16?,17?/m1/s1. The van der Waals surface area contributed by atoms with Gasteiger partial charge in [-0.25, -0.2) is 0 Å². The number of hydrogen-bond acceptors (Lipinski definition) is 5. The Kier molecular flexibility index (Phi) is 3.29. The van der Waals surface area contributed by atoms with E-state index < -0.39 is 29.2 Å². The molecule has 0 aromatic carbocycles. The highest BCUT2D eigenvalue weighted by molar-refractivity contribution is 6.09. The van der Waals surface area contributed by atoms with E-state index in [2.05, 4.69) is 0 Å². The van der Waals surface area contributed by atoms with Crippen molar-refractivity contribution in [3.63, 3.8) is 0 Å². The van der Waals surface area contributed by atoms with E-state index in [1.165, 1.54) is 0 Å². The summed E-state index contributed by atoms with van der Waals surface area (Å²) >= 11 is 0. The van der Waals surface area contributed by atoms with Gasteiger partial charge in [-0.15, -0.1) is 0 Å². The molecule has 3 aliphatic heterocycles. The fraction of sp³-hybridized carbons (Fsp3) is 0.882. The zero-order valence-electron chi connectivity index (χ0n) is 14.1. The molecule has 1 saturated carbocycles. The first kappa shape index (κ1) is 15.9. The molecule has 0 radical (unpaired) electrons. The molecule has 1 spiro atoms. The number of rotatable bonds is 0. The van der Waals surface area contributed by atoms with Crippen molar-refractivity contribution in [3.05, 3.63) is 0 Å². The predicted molar refractivity (Wildman–Crippen MR) is 78.9 cm³/mol. The van der Waals surface area contributed by atoms with Gasteiger partial charge in [-0.05, 0) is 13.8 Å². The highest BCUT2D eigenvalue weighted by Gasteiger charge is 2.76. The lowest BCUT2D eigenvalue weighted by atomic mass is 9.48. The van der Waals surface area contributed by atoms with Crippen molar-refractivity contribution in [1.82, 2.24) is 0 Å². The third-order valence-electron chi connectivity index (χ3n) is 6.85. The van der Waals surface area contributed by atoms with Gasteiger partial charge in [-0.3, -0.25) is 9.59 Å². The van der Waals surface area contributed by atoms with E-state index in [0.717, 1.165) is 0 Å². The Bertz CT molecular complexity index is 525. The minimum Gasteiger partial charge on any atom is -0.460 e. The summed E-state index contributed by atoms with van der Waals surface area (Å²) in [5.74, 6) is -1.44. The molecule has 9 atom stereocenters. The summed E-state index contributed by atoms with van der Waals surface area (Å²) in [5.41, 5.74) is -2.35. The van der Waals surface area contributed by atoms with E-state index in [9.17, 15) is 14.7 Å². The molecule has 1 N–H and O–H groups in total. The van der Waals surface area contributed by atoms with E-state index >= 15 is 0 Å². The van der Waals surface area contributed by atoms with Crippen LogP contribution in [0.2, 0.25) is 0 Å². The Balaban J connectivity index is 2.20. The normalized spacial score (nSPS) is 58.0. The Morgan fingerprint density at radius 1 is 1.05 bits per heavy atom. The van der Waals surface area contributed by atoms with Crippen molar-refractivity contribution >= 4 is 11.8 Å². The molecular formula is C17H26O5. The van der Waals surface area contributed by atoms with Crippen LogP contribution in [0.1, 0.15) is 41.5 Å². The van der Waals surface area contributed by atoms with Crippen LogP contribution in [-0.2, 0) is 19.1 Å². The van der Waals surface area contributed by atoms with Gasteiger partial charge in [0, 0.05) is 17.8 Å². The molecule has 2 bridgehead atoms. The summed E-state index contributed by atoms with van der Waals surface area (Å²) in [7, 11) is 0. The quantitative estimate of drug-likeness (QED) is 0.543. The zero-order chi connectivity index (χ0) is 16.6. The Labute approximate surface area is 131 Å². The third-order valence-corrected chi connectivity index (χ3v) is 6.85. The smallest absolute Gasteiger partial charge is 0.322 e. The maximum atomic E-state index is 12.9.